The predicted octanol–water partition coefficient (Wildman–Crippen LogP) is 3.37. The van der Waals surface area contributed by atoms with Crippen LogP contribution in [0.1, 0.15) is 17.4 Å². The summed E-state index contributed by atoms with van der Waals surface area (Å²) in [6.07, 6.45) is 1.68. The van der Waals surface area contributed by atoms with E-state index in [2.05, 4.69) is 20.4 Å². The zero-order valence-corrected chi connectivity index (χ0v) is 15.6. The Kier molecular flexibility index (Phi) is 4.52. The number of rotatable bonds is 5. The van der Waals surface area contributed by atoms with Crippen LogP contribution in [0.15, 0.2) is 36.5 Å². The lowest BCUT2D eigenvalue weighted by Crippen LogP contribution is -2.05. The first-order valence-electron chi connectivity index (χ1n) is 8.69. The molecule has 0 aliphatic rings. The Labute approximate surface area is 160 Å². The number of hydrogen-bond donors (Lipinski definition) is 1. The van der Waals surface area contributed by atoms with Crippen molar-refractivity contribution >= 4 is 27.8 Å². The molecule has 2 heterocycles. The zero-order chi connectivity index (χ0) is 19.7. The van der Waals surface area contributed by atoms with Gasteiger partial charge in [-0.2, -0.15) is 15.3 Å². The molecule has 4 aromatic rings. The van der Waals surface area contributed by atoms with Gasteiger partial charge in [-0.15, -0.1) is 0 Å². The smallest absolute Gasteiger partial charge is 0.359 e. The molecule has 142 valence electrons. The van der Waals surface area contributed by atoms with Gasteiger partial charge in [-0.05, 0) is 30.7 Å². The summed E-state index contributed by atoms with van der Waals surface area (Å²) in [5, 5.41) is 16.8. The second-order valence-corrected chi connectivity index (χ2v) is 6.04. The van der Waals surface area contributed by atoms with Crippen LogP contribution in [-0.4, -0.2) is 47.2 Å². The number of aromatic nitrogens is 4. The molecule has 8 heteroatoms. The Morgan fingerprint density at radius 1 is 1.07 bits per heavy atom. The van der Waals surface area contributed by atoms with E-state index in [1.807, 2.05) is 24.3 Å². The average molecular weight is 378 g/mol. The molecule has 0 saturated carbocycles. The van der Waals surface area contributed by atoms with Crippen LogP contribution in [0.25, 0.3) is 32.9 Å². The van der Waals surface area contributed by atoms with Gasteiger partial charge in [0.2, 0.25) is 0 Å². The molecule has 0 fully saturated rings. The third kappa shape index (κ3) is 2.88. The number of esters is 1. The Hall–Kier alpha value is -3.68. The van der Waals surface area contributed by atoms with Crippen LogP contribution in [0.5, 0.6) is 11.5 Å². The van der Waals surface area contributed by atoms with E-state index in [1.165, 1.54) is 0 Å². The van der Waals surface area contributed by atoms with Gasteiger partial charge in [-0.1, -0.05) is 6.07 Å². The number of carbonyl (C=O) groups is 1. The van der Waals surface area contributed by atoms with E-state index in [9.17, 15) is 4.79 Å². The molecule has 0 unspecified atom stereocenters. The molecule has 0 radical (unpaired) electrons. The number of aromatic amines is 1. The molecule has 0 bridgehead atoms. The quantitative estimate of drug-likeness (QED) is 0.532. The molecule has 8 nitrogen and oxygen atoms in total. The number of ether oxygens (including phenoxy) is 3. The van der Waals surface area contributed by atoms with Gasteiger partial charge >= 0.3 is 5.97 Å². The molecule has 0 atom stereocenters. The Bertz CT molecular complexity index is 1190. The average Bonchev–Trinajstić information content (AvgIpc) is 3.15. The van der Waals surface area contributed by atoms with Crippen molar-refractivity contribution in [3.05, 3.63) is 42.2 Å². The monoisotopic (exact) mass is 378 g/mol. The largest absolute Gasteiger partial charge is 0.493 e. The highest BCUT2D eigenvalue weighted by Gasteiger charge is 2.17. The molecule has 0 aliphatic heterocycles. The minimum atomic E-state index is -0.463. The number of methoxy groups -OCH3 is 2. The molecule has 0 amide bonds. The van der Waals surface area contributed by atoms with E-state index < -0.39 is 5.97 Å². The van der Waals surface area contributed by atoms with Crippen molar-refractivity contribution in [2.75, 3.05) is 20.8 Å². The number of benzene rings is 2. The maximum atomic E-state index is 12.2. The highest BCUT2D eigenvalue weighted by atomic mass is 16.5. The summed E-state index contributed by atoms with van der Waals surface area (Å²) >= 11 is 0. The van der Waals surface area contributed by atoms with Crippen LogP contribution < -0.4 is 9.47 Å². The van der Waals surface area contributed by atoms with Crippen molar-refractivity contribution in [3.63, 3.8) is 0 Å². The van der Waals surface area contributed by atoms with Crippen molar-refractivity contribution in [3.8, 4) is 22.6 Å². The second-order valence-electron chi connectivity index (χ2n) is 6.04. The number of fused-ring (bicyclic) bond motifs is 2. The fourth-order valence-corrected chi connectivity index (χ4v) is 3.15. The lowest BCUT2D eigenvalue weighted by molar-refractivity contribution is 0.0521. The summed E-state index contributed by atoms with van der Waals surface area (Å²) in [6.45, 7) is 2.04. The predicted molar refractivity (Wildman–Crippen MR) is 104 cm³/mol. The molecule has 2 aromatic heterocycles. The first-order chi connectivity index (χ1) is 13.7. The first-order valence-corrected chi connectivity index (χ1v) is 8.69. The van der Waals surface area contributed by atoms with Crippen molar-refractivity contribution in [1.82, 2.24) is 20.4 Å². The van der Waals surface area contributed by atoms with Crippen molar-refractivity contribution < 1.29 is 19.0 Å². The van der Waals surface area contributed by atoms with Gasteiger partial charge in [0.1, 0.15) is 0 Å². The minimum absolute atomic E-state index is 0.254. The SMILES string of the molecule is CCOC(=O)c1n[nH]c2ccc(-c3cnnc4cc(OC)c(OC)cc34)cc12. The molecular weight excluding hydrogens is 360 g/mol. The lowest BCUT2D eigenvalue weighted by atomic mass is 10.0. The fraction of sp³-hybridized carbons (Fsp3) is 0.200. The molecular formula is C20H18N4O4. The lowest BCUT2D eigenvalue weighted by Gasteiger charge is -2.11. The number of carbonyl (C=O) groups excluding carboxylic acids is 1. The van der Waals surface area contributed by atoms with Gasteiger partial charge in [0.15, 0.2) is 17.2 Å². The van der Waals surface area contributed by atoms with Gasteiger partial charge in [0.05, 0.1) is 38.1 Å². The van der Waals surface area contributed by atoms with Gasteiger partial charge in [-0.25, -0.2) is 4.79 Å². The van der Waals surface area contributed by atoms with Crippen LogP contribution in [0.3, 0.4) is 0 Å². The molecule has 1 N–H and O–H groups in total. The van der Waals surface area contributed by atoms with E-state index in [0.29, 0.717) is 22.4 Å². The van der Waals surface area contributed by atoms with E-state index in [0.717, 1.165) is 22.0 Å². The van der Waals surface area contributed by atoms with Crippen molar-refractivity contribution in [1.29, 1.82) is 0 Å². The topological polar surface area (TPSA) is 99.2 Å². The summed E-state index contributed by atoms with van der Waals surface area (Å²) in [5.74, 6) is 0.715. The van der Waals surface area contributed by atoms with Gasteiger partial charge in [0.25, 0.3) is 0 Å². The highest BCUT2D eigenvalue weighted by molar-refractivity contribution is 6.04. The maximum absolute atomic E-state index is 12.2. The normalized spacial score (nSPS) is 11.0. The molecule has 0 aliphatic carbocycles. The second kappa shape index (κ2) is 7.15. The van der Waals surface area contributed by atoms with E-state index in [-0.39, 0.29) is 12.3 Å². The summed E-state index contributed by atoms with van der Waals surface area (Å²) < 4.78 is 15.9. The summed E-state index contributed by atoms with van der Waals surface area (Å²) in [6, 6.07) is 9.34. The Morgan fingerprint density at radius 2 is 1.86 bits per heavy atom. The molecule has 0 saturated heterocycles. The van der Waals surface area contributed by atoms with E-state index in [1.54, 1.807) is 33.4 Å². The standard InChI is InChI=1S/C20H18N4O4/c1-4-28-20(25)19-13-7-11(5-6-15(13)23-24-19)14-10-21-22-16-9-18(27-3)17(26-2)8-12(14)16/h5-10H,4H2,1-3H3,(H,23,24). The Morgan fingerprint density at radius 3 is 2.61 bits per heavy atom. The molecule has 28 heavy (non-hydrogen) atoms. The number of hydrogen-bond acceptors (Lipinski definition) is 7. The third-order valence-electron chi connectivity index (χ3n) is 4.49. The van der Waals surface area contributed by atoms with Crippen LogP contribution in [0, 0.1) is 0 Å². The van der Waals surface area contributed by atoms with E-state index in [4.69, 9.17) is 14.2 Å². The van der Waals surface area contributed by atoms with Crippen LogP contribution in [0.2, 0.25) is 0 Å². The van der Waals surface area contributed by atoms with Crippen LogP contribution in [0.4, 0.5) is 0 Å². The first kappa shape index (κ1) is 17.7. The van der Waals surface area contributed by atoms with Crippen LogP contribution >= 0.6 is 0 Å². The van der Waals surface area contributed by atoms with Gasteiger partial charge < -0.3 is 14.2 Å². The molecule has 4 rings (SSSR count). The number of H-pyrrole nitrogens is 1. The maximum Gasteiger partial charge on any atom is 0.359 e. The Balaban J connectivity index is 1.91. The minimum Gasteiger partial charge on any atom is -0.493 e. The van der Waals surface area contributed by atoms with Gasteiger partial charge in [-0.3, -0.25) is 5.10 Å². The fourth-order valence-electron chi connectivity index (χ4n) is 3.15. The van der Waals surface area contributed by atoms with Gasteiger partial charge in [0, 0.05) is 22.4 Å². The van der Waals surface area contributed by atoms with E-state index >= 15 is 0 Å². The summed E-state index contributed by atoms with van der Waals surface area (Å²) in [5.41, 5.74) is 3.39. The molecule has 0 spiro atoms. The third-order valence-corrected chi connectivity index (χ3v) is 4.49. The zero-order valence-electron chi connectivity index (χ0n) is 15.6. The summed E-state index contributed by atoms with van der Waals surface area (Å²) in [7, 11) is 3.16. The molecule has 2 aromatic carbocycles. The summed E-state index contributed by atoms with van der Waals surface area (Å²) in [4.78, 5) is 12.2. The highest BCUT2D eigenvalue weighted by Crippen LogP contribution is 2.36. The van der Waals surface area contributed by atoms with Crippen molar-refractivity contribution in [2.45, 2.75) is 6.92 Å². The van der Waals surface area contributed by atoms with Crippen molar-refractivity contribution in [2.24, 2.45) is 0 Å². The number of nitrogens with one attached hydrogen (secondary N) is 1. The number of nitrogens with zero attached hydrogens (tertiary/aromatic N) is 3. The van der Waals surface area contributed by atoms with Crippen LogP contribution in [-0.2, 0) is 4.74 Å².